The number of rotatable bonds is 5. The van der Waals surface area contributed by atoms with Gasteiger partial charge >= 0.3 is 6.03 Å². The van der Waals surface area contributed by atoms with Crippen LogP contribution < -0.4 is 14.8 Å². The molecule has 132 valence electrons. The van der Waals surface area contributed by atoms with Crippen molar-refractivity contribution in [1.82, 2.24) is 10.2 Å². The van der Waals surface area contributed by atoms with Crippen molar-refractivity contribution in [2.24, 2.45) is 0 Å². The first kappa shape index (κ1) is 17.6. The summed E-state index contributed by atoms with van der Waals surface area (Å²) < 4.78 is 12.7. The van der Waals surface area contributed by atoms with Gasteiger partial charge in [-0.1, -0.05) is 40.2 Å². The molecule has 1 aliphatic heterocycles. The zero-order valence-corrected chi connectivity index (χ0v) is 15.7. The summed E-state index contributed by atoms with van der Waals surface area (Å²) >= 11 is 3.44. The van der Waals surface area contributed by atoms with Crippen LogP contribution in [0.15, 0.2) is 53.0 Å². The van der Waals surface area contributed by atoms with Crippen LogP contribution in [0, 0.1) is 0 Å². The lowest BCUT2D eigenvalue weighted by Gasteiger charge is -2.31. The van der Waals surface area contributed by atoms with Gasteiger partial charge in [0, 0.05) is 17.6 Å². The number of hydrogen-bond acceptors (Lipinski definition) is 3. The number of carbonyl (C=O) groups excluding carboxylic acids is 1. The SMILES string of the molecule is CCN(CC1COc2ccccc2O1)C(=O)NCc1cccc(Br)c1. The Hall–Kier alpha value is -2.21. The molecule has 0 aromatic heterocycles. The molecule has 1 unspecified atom stereocenters. The average Bonchev–Trinajstić information content (AvgIpc) is 2.64. The van der Waals surface area contributed by atoms with Crippen LogP contribution >= 0.6 is 15.9 Å². The fourth-order valence-corrected chi connectivity index (χ4v) is 3.14. The largest absolute Gasteiger partial charge is 0.486 e. The second-order valence-corrected chi connectivity index (χ2v) is 6.74. The first-order chi connectivity index (χ1) is 12.2. The Morgan fingerprint density at radius 2 is 2.04 bits per heavy atom. The molecule has 0 spiro atoms. The smallest absolute Gasteiger partial charge is 0.317 e. The van der Waals surface area contributed by atoms with E-state index in [1.54, 1.807) is 4.90 Å². The zero-order chi connectivity index (χ0) is 17.6. The predicted molar refractivity (Wildman–Crippen MR) is 100.0 cm³/mol. The molecule has 0 saturated heterocycles. The minimum atomic E-state index is -0.175. The van der Waals surface area contributed by atoms with Gasteiger partial charge in [-0.25, -0.2) is 4.79 Å². The van der Waals surface area contributed by atoms with E-state index >= 15 is 0 Å². The van der Waals surface area contributed by atoms with E-state index in [9.17, 15) is 4.79 Å². The van der Waals surface area contributed by atoms with Crippen LogP contribution in [-0.4, -0.2) is 36.7 Å². The van der Waals surface area contributed by atoms with Crippen molar-refractivity contribution >= 4 is 22.0 Å². The molecule has 0 fully saturated rings. The third-order valence-electron chi connectivity index (χ3n) is 3.99. The van der Waals surface area contributed by atoms with E-state index in [-0.39, 0.29) is 12.1 Å². The number of amides is 2. The molecule has 2 amide bonds. The first-order valence-electron chi connectivity index (χ1n) is 8.31. The second-order valence-electron chi connectivity index (χ2n) is 5.82. The number of para-hydroxylation sites is 2. The molecule has 0 radical (unpaired) electrons. The second kappa shape index (κ2) is 8.25. The number of hydrogen-bond donors (Lipinski definition) is 1. The number of ether oxygens (including phenoxy) is 2. The molecule has 1 atom stereocenters. The van der Waals surface area contributed by atoms with Gasteiger partial charge in [0.15, 0.2) is 17.6 Å². The minimum Gasteiger partial charge on any atom is -0.486 e. The lowest BCUT2D eigenvalue weighted by molar-refractivity contribution is 0.0675. The van der Waals surface area contributed by atoms with E-state index in [0.29, 0.717) is 26.2 Å². The Kier molecular flexibility index (Phi) is 5.81. The number of benzene rings is 2. The summed E-state index contributed by atoms with van der Waals surface area (Å²) in [7, 11) is 0. The van der Waals surface area contributed by atoms with Gasteiger partial charge in [0.2, 0.25) is 0 Å². The third-order valence-corrected chi connectivity index (χ3v) is 4.49. The Morgan fingerprint density at radius 1 is 1.24 bits per heavy atom. The number of nitrogens with one attached hydrogen (secondary N) is 1. The quantitative estimate of drug-likeness (QED) is 0.823. The molecule has 0 bridgehead atoms. The van der Waals surface area contributed by atoms with E-state index in [1.165, 1.54) is 0 Å². The molecule has 1 aliphatic rings. The van der Waals surface area contributed by atoms with Crippen molar-refractivity contribution < 1.29 is 14.3 Å². The highest BCUT2D eigenvalue weighted by atomic mass is 79.9. The topological polar surface area (TPSA) is 50.8 Å². The lowest BCUT2D eigenvalue weighted by Crippen LogP contribution is -2.47. The molecule has 1 N–H and O–H groups in total. The van der Waals surface area contributed by atoms with Gasteiger partial charge < -0.3 is 19.7 Å². The van der Waals surface area contributed by atoms with Gasteiger partial charge in [-0.2, -0.15) is 0 Å². The number of nitrogens with zero attached hydrogens (tertiary/aromatic N) is 1. The predicted octanol–water partition coefficient (Wildman–Crippen LogP) is 3.82. The van der Waals surface area contributed by atoms with Gasteiger partial charge in [0.1, 0.15) is 6.61 Å². The molecular weight excluding hydrogens is 384 g/mol. The van der Waals surface area contributed by atoms with Crippen LogP contribution in [0.5, 0.6) is 11.5 Å². The maximum absolute atomic E-state index is 12.5. The Bertz CT molecular complexity index is 738. The molecule has 5 nitrogen and oxygen atoms in total. The van der Waals surface area contributed by atoms with Gasteiger partial charge in [-0.05, 0) is 36.8 Å². The van der Waals surface area contributed by atoms with Crippen molar-refractivity contribution in [2.45, 2.75) is 19.6 Å². The van der Waals surface area contributed by atoms with Gasteiger partial charge in [-0.3, -0.25) is 0 Å². The monoisotopic (exact) mass is 404 g/mol. The van der Waals surface area contributed by atoms with Crippen LogP contribution in [0.3, 0.4) is 0 Å². The summed E-state index contributed by atoms with van der Waals surface area (Å²) in [5.41, 5.74) is 1.05. The Morgan fingerprint density at radius 3 is 2.80 bits per heavy atom. The van der Waals surface area contributed by atoms with Crippen LogP contribution in [0.1, 0.15) is 12.5 Å². The molecule has 0 saturated carbocycles. The van der Waals surface area contributed by atoms with Crippen molar-refractivity contribution in [1.29, 1.82) is 0 Å². The van der Waals surface area contributed by atoms with E-state index < -0.39 is 0 Å². The standard InChI is InChI=1S/C19H21BrN2O3/c1-2-22(19(23)21-11-14-6-5-7-15(20)10-14)12-16-13-24-17-8-3-4-9-18(17)25-16/h3-10,16H,2,11-13H2,1H3,(H,21,23). The fourth-order valence-electron chi connectivity index (χ4n) is 2.69. The first-order valence-corrected chi connectivity index (χ1v) is 9.10. The summed E-state index contributed by atoms with van der Waals surface area (Å²) in [4.78, 5) is 14.2. The molecule has 1 heterocycles. The molecular formula is C19H21BrN2O3. The van der Waals surface area contributed by atoms with Gasteiger partial charge in [0.05, 0.1) is 6.54 Å². The van der Waals surface area contributed by atoms with E-state index in [1.807, 2.05) is 55.5 Å². The van der Waals surface area contributed by atoms with Crippen LogP contribution in [0.4, 0.5) is 4.79 Å². The number of likely N-dealkylation sites (N-methyl/N-ethyl adjacent to an activating group) is 1. The molecule has 2 aromatic rings. The number of halogens is 1. The van der Waals surface area contributed by atoms with Crippen LogP contribution in [-0.2, 0) is 6.54 Å². The number of fused-ring (bicyclic) bond motifs is 1. The van der Waals surface area contributed by atoms with Crippen LogP contribution in [0.25, 0.3) is 0 Å². The fraction of sp³-hybridized carbons (Fsp3) is 0.316. The summed E-state index contributed by atoms with van der Waals surface area (Å²) in [5.74, 6) is 1.48. The van der Waals surface area contributed by atoms with Crippen molar-refractivity contribution in [2.75, 3.05) is 19.7 Å². The summed E-state index contributed by atoms with van der Waals surface area (Å²) in [5, 5.41) is 2.96. The number of carbonyl (C=O) groups is 1. The summed E-state index contributed by atoms with van der Waals surface area (Å²) in [6, 6.07) is 15.4. The normalized spacial score (nSPS) is 15.5. The molecule has 6 heteroatoms. The summed E-state index contributed by atoms with van der Waals surface area (Å²) in [6.07, 6.45) is -0.175. The van der Waals surface area contributed by atoms with Gasteiger partial charge in [-0.15, -0.1) is 0 Å². The van der Waals surface area contributed by atoms with Crippen LogP contribution in [0.2, 0.25) is 0 Å². The van der Waals surface area contributed by atoms with E-state index in [4.69, 9.17) is 9.47 Å². The van der Waals surface area contributed by atoms with Gasteiger partial charge in [0.25, 0.3) is 0 Å². The highest BCUT2D eigenvalue weighted by Gasteiger charge is 2.24. The third kappa shape index (κ3) is 4.66. The highest BCUT2D eigenvalue weighted by Crippen LogP contribution is 2.31. The zero-order valence-electron chi connectivity index (χ0n) is 14.1. The highest BCUT2D eigenvalue weighted by molar-refractivity contribution is 9.10. The van der Waals surface area contributed by atoms with Crippen molar-refractivity contribution in [3.63, 3.8) is 0 Å². The molecule has 0 aliphatic carbocycles. The molecule has 3 rings (SSSR count). The Balaban J connectivity index is 1.54. The maximum atomic E-state index is 12.5. The average molecular weight is 405 g/mol. The van der Waals surface area contributed by atoms with Crippen molar-refractivity contribution in [3.8, 4) is 11.5 Å². The van der Waals surface area contributed by atoms with Crippen molar-refractivity contribution in [3.05, 3.63) is 58.6 Å². The van der Waals surface area contributed by atoms with E-state index in [0.717, 1.165) is 21.5 Å². The molecule has 25 heavy (non-hydrogen) atoms. The molecule has 2 aromatic carbocycles. The summed E-state index contributed by atoms with van der Waals surface area (Å²) in [6.45, 7) is 3.96. The number of urea groups is 1. The lowest BCUT2D eigenvalue weighted by atomic mass is 10.2. The minimum absolute atomic E-state index is 0.107. The maximum Gasteiger partial charge on any atom is 0.317 e. The van der Waals surface area contributed by atoms with E-state index in [2.05, 4.69) is 21.2 Å². The Labute approximate surface area is 156 Å².